The van der Waals surface area contributed by atoms with Crippen molar-refractivity contribution in [2.24, 2.45) is 0 Å². The average molecular weight is 334 g/mol. The summed E-state index contributed by atoms with van der Waals surface area (Å²) in [5.41, 5.74) is 0.0435. The lowest BCUT2D eigenvalue weighted by Gasteiger charge is -2.02. The van der Waals surface area contributed by atoms with Crippen LogP contribution in [0, 0.1) is 5.82 Å². The molecule has 0 radical (unpaired) electrons. The van der Waals surface area contributed by atoms with E-state index in [4.69, 9.17) is 11.6 Å². The second-order valence-electron chi connectivity index (χ2n) is 3.43. The molecule has 88 valence electrons. The summed E-state index contributed by atoms with van der Waals surface area (Å²) in [6, 6.07) is 6.30. The number of ketones is 1. The summed E-state index contributed by atoms with van der Waals surface area (Å²) in [4.78, 5) is 12.8. The monoisotopic (exact) mass is 332 g/mol. The Morgan fingerprint density at radius 2 is 2.24 bits per heavy atom. The number of halogens is 3. The number of carbonyl (C=O) groups is 1. The van der Waals surface area contributed by atoms with Crippen LogP contribution in [-0.4, -0.2) is 5.78 Å². The van der Waals surface area contributed by atoms with E-state index < -0.39 is 5.82 Å². The Morgan fingerprint density at radius 3 is 2.88 bits per heavy atom. The summed E-state index contributed by atoms with van der Waals surface area (Å²) in [5.74, 6) is -0.908. The summed E-state index contributed by atoms with van der Waals surface area (Å²) in [6.45, 7) is 0. The predicted molar refractivity (Wildman–Crippen MR) is 71.5 cm³/mol. The maximum Gasteiger partial charge on any atom is 0.171 e. The molecular weight excluding hydrogens is 327 g/mol. The molecule has 0 bridgehead atoms. The van der Waals surface area contributed by atoms with Crippen LogP contribution in [0.4, 0.5) is 4.39 Å². The molecule has 2 rings (SSSR count). The van der Waals surface area contributed by atoms with Crippen molar-refractivity contribution < 1.29 is 9.18 Å². The van der Waals surface area contributed by atoms with E-state index in [-0.39, 0.29) is 22.8 Å². The van der Waals surface area contributed by atoms with E-state index in [1.807, 2.05) is 11.4 Å². The number of thiophene rings is 1. The van der Waals surface area contributed by atoms with Gasteiger partial charge in [0.15, 0.2) is 11.6 Å². The highest BCUT2D eigenvalue weighted by Crippen LogP contribution is 2.23. The fourth-order valence-corrected chi connectivity index (χ4v) is 3.04. The Hall–Kier alpha value is -0.710. The quantitative estimate of drug-likeness (QED) is 0.742. The summed E-state index contributed by atoms with van der Waals surface area (Å²) in [7, 11) is 0. The van der Waals surface area contributed by atoms with E-state index in [1.54, 1.807) is 6.07 Å². The number of rotatable bonds is 3. The van der Waals surface area contributed by atoms with Crippen LogP contribution < -0.4 is 0 Å². The van der Waals surface area contributed by atoms with Gasteiger partial charge in [-0.15, -0.1) is 11.3 Å². The van der Waals surface area contributed by atoms with Gasteiger partial charge in [-0.2, -0.15) is 0 Å². The number of hydrogen-bond donors (Lipinski definition) is 0. The van der Waals surface area contributed by atoms with Crippen molar-refractivity contribution in [2.45, 2.75) is 6.42 Å². The SMILES string of the molecule is O=C(Cc1cc(Br)cs1)c1cccc(Cl)c1F. The highest BCUT2D eigenvalue weighted by atomic mass is 79.9. The van der Waals surface area contributed by atoms with Crippen LogP contribution in [0.5, 0.6) is 0 Å². The van der Waals surface area contributed by atoms with E-state index in [0.717, 1.165) is 9.35 Å². The lowest BCUT2D eigenvalue weighted by Crippen LogP contribution is -2.05. The van der Waals surface area contributed by atoms with Crippen molar-refractivity contribution in [3.8, 4) is 0 Å². The van der Waals surface area contributed by atoms with Gasteiger partial charge in [0.2, 0.25) is 0 Å². The summed E-state index contributed by atoms with van der Waals surface area (Å²) in [6.07, 6.45) is 0.188. The third-order valence-electron chi connectivity index (χ3n) is 2.21. The van der Waals surface area contributed by atoms with Gasteiger partial charge < -0.3 is 0 Å². The van der Waals surface area contributed by atoms with Gasteiger partial charge in [0, 0.05) is 21.2 Å². The molecule has 0 aliphatic rings. The molecule has 0 unspecified atom stereocenters. The molecule has 0 N–H and O–H groups in total. The van der Waals surface area contributed by atoms with Gasteiger partial charge in [0.1, 0.15) is 0 Å². The first-order valence-electron chi connectivity index (χ1n) is 4.78. The molecule has 1 aromatic heterocycles. The van der Waals surface area contributed by atoms with E-state index in [0.29, 0.717) is 0 Å². The molecular formula is C12H7BrClFOS. The number of Topliss-reactive ketones (excluding diaryl/α,β-unsaturated/α-hetero) is 1. The molecule has 5 heteroatoms. The minimum atomic E-state index is -0.644. The zero-order valence-electron chi connectivity index (χ0n) is 8.54. The summed E-state index contributed by atoms with van der Waals surface area (Å²) < 4.78 is 14.5. The zero-order chi connectivity index (χ0) is 12.4. The molecule has 0 aliphatic carbocycles. The van der Waals surface area contributed by atoms with Crippen LogP contribution >= 0.6 is 38.9 Å². The molecule has 0 saturated heterocycles. The first-order valence-corrected chi connectivity index (χ1v) is 6.83. The van der Waals surface area contributed by atoms with Gasteiger partial charge in [-0.05, 0) is 34.1 Å². The standard InChI is InChI=1S/C12H7BrClFOS/c13-7-4-8(17-6-7)5-11(16)9-2-1-3-10(14)12(9)15/h1-4,6H,5H2. The second-order valence-corrected chi connectivity index (χ2v) is 5.75. The van der Waals surface area contributed by atoms with Crippen LogP contribution in [0.25, 0.3) is 0 Å². The van der Waals surface area contributed by atoms with Crippen LogP contribution in [-0.2, 0) is 6.42 Å². The molecule has 1 nitrogen and oxygen atoms in total. The van der Waals surface area contributed by atoms with Crippen molar-refractivity contribution in [2.75, 3.05) is 0 Å². The first kappa shape index (κ1) is 12.7. The highest BCUT2D eigenvalue weighted by Gasteiger charge is 2.15. The normalized spacial score (nSPS) is 10.5. The zero-order valence-corrected chi connectivity index (χ0v) is 11.7. The fraction of sp³-hybridized carbons (Fsp3) is 0.0833. The molecule has 0 amide bonds. The Balaban J connectivity index is 2.23. The van der Waals surface area contributed by atoms with Gasteiger partial charge in [-0.1, -0.05) is 17.7 Å². The molecule has 0 fully saturated rings. The Labute approximate surface area is 115 Å². The number of carbonyl (C=O) groups excluding carboxylic acids is 1. The molecule has 0 spiro atoms. The fourth-order valence-electron chi connectivity index (χ4n) is 1.42. The molecule has 0 aliphatic heterocycles. The van der Waals surface area contributed by atoms with Gasteiger partial charge in [-0.25, -0.2) is 4.39 Å². The van der Waals surface area contributed by atoms with E-state index in [9.17, 15) is 9.18 Å². The van der Waals surface area contributed by atoms with Gasteiger partial charge >= 0.3 is 0 Å². The van der Waals surface area contributed by atoms with Gasteiger partial charge in [0.25, 0.3) is 0 Å². The second kappa shape index (κ2) is 5.29. The van der Waals surface area contributed by atoms with Gasteiger partial charge in [0.05, 0.1) is 10.6 Å². The molecule has 1 aromatic carbocycles. The lowest BCUT2D eigenvalue weighted by atomic mass is 10.1. The van der Waals surface area contributed by atoms with E-state index in [2.05, 4.69) is 15.9 Å². The van der Waals surface area contributed by atoms with Gasteiger partial charge in [-0.3, -0.25) is 4.79 Å². The largest absolute Gasteiger partial charge is 0.294 e. The topological polar surface area (TPSA) is 17.1 Å². The Kier molecular flexibility index (Phi) is 3.97. The smallest absolute Gasteiger partial charge is 0.171 e. The minimum Gasteiger partial charge on any atom is -0.294 e. The third kappa shape index (κ3) is 2.94. The minimum absolute atomic E-state index is 0.0248. The predicted octanol–water partition coefficient (Wildman–Crippen LogP) is 4.73. The third-order valence-corrected chi connectivity index (χ3v) is 4.20. The first-order chi connectivity index (χ1) is 8.08. The average Bonchev–Trinajstić information content (AvgIpc) is 2.68. The van der Waals surface area contributed by atoms with Crippen LogP contribution in [0.1, 0.15) is 15.2 Å². The van der Waals surface area contributed by atoms with Crippen LogP contribution in [0.15, 0.2) is 34.1 Å². The molecule has 2 aromatic rings. The molecule has 0 saturated carbocycles. The highest BCUT2D eigenvalue weighted by molar-refractivity contribution is 9.10. The van der Waals surface area contributed by atoms with E-state index >= 15 is 0 Å². The summed E-state index contributed by atoms with van der Waals surface area (Å²) in [5, 5.41) is 1.86. The van der Waals surface area contributed by atoms with Crippen molar-refractivity contribution >= 4 is 44.7 Å². The maximum atomic E-state index is 13.6. The molecule has 17 heavy (non-hydrogen) atoms. The Bertz CT molecular complexity index is 567. The van der Waals surface area contributed by atoms with E-state index in [1.165, 1.54) is 23.5 Å². The van der Waals surface area contributed by atoms with Crippen molar-refractivity contribution in [3.63, 3.8) is 0 Å². The molecule has 0 atom stereocenters. The Morgan fingerprint density at radius 1 is 1.47 bits per heavy atom. The van der Waals surface area contributed by atoms with Crippen molar-refractivity contribution in [1.82, 2.24) is 0 Å². The summed E-state index contributed by atoms with van der Waals surface area (Å²) >= 11 is 10.4. The van der Waals surface area contributed by atoms with Crippen molar-refractivity contribution in [1.29, 1.82) is 0 Å². The van der Waals surface area contributed by atoms with Crippen LogP contribution in [0.3, 0.4) is 0 Å². The molecule has 1 heterocycles. The van der Waals surface area contributed by atoms with Crippen molar-refractivity contribution in [3.05, 3.63) is 55.4 Å². The lowest BCUT2D eigenvalue weighted by molar-refractivity contribution is 0.0990. The maximum absolute atomic E-state index is 13.6. The number of hydrogen-bond acceptors (Lipinski definition) is 2. The van der Waals surface area contributed by atoms with Crippen LogP contribution in [0.2, 0.25) is 5.02 Å². The number of benzene rings is 1.